The van der Waals surface area contributed by atoms with Crippen LogP contribution in [0.25, 0.3) is 0 Å². The van der Waals surface area contributed by atoms with Gasteiger partial charge in [-0.1, -0.05) is 0 Å². The Hall–Kier alpha value is -2.01. The molecule has 0 radical (unpaired) electrons. The molecule has 0 aromatic carbocycles. The van der Waals surface area contributed by atoms with Gasteiger partial charge >= 0.3 is 11.7 Å². The quantitative estimate of drug-likeness (QED) is 0.431. The second-order valence-corrected chi connectivity index (χ2v) is 4.87. The molecule has 22 heavy (non-hydrogen) atoms. The second kappa shape index (κ2) is 6.40. The molecule has 1 fully saturated rings. The van der Waals surface area contributed by atoms with Crippen LogP contribution in [-0.4, -0.2) is 61.9 Å². The van der Waals surface area contributed by atoms with Crippen LogP contribution in [0.15, 0.2) is 21.9 Å². The summed E-state index contributed by atoms with van der Waals surface area (Å²) in [6.07, 6.45) is -5.41. The van der Waals surface area contributed by atoms with Gasteiger partial charge in [-0.2, -0.15) is 0 Å². The van der Waals surface area contributed by atoms with E-state index in [-0.39, 0.29) is 0 Å². The molecule has 0 amide bonds. The fourth-order valence-electron chi connectivity index (χ4n) is 2.01. The lowest BCUT2D eigenvalue weighted by molar-refractivity contribution is -0.158. The van der Waals surface area contributed by atoms with E-state index in [1.54, 1.807) is 0 Å². The zero-order chi connectivity index (χ0) is 16.4. The monoisotopic (exact) mass is 316 g/mol. The second-order valence-electron chi connectivity index (χ2n) is 4.87. The van der Waals surface area contributed by atoms with E-state index >= 15 is 0 Å². The van der Waals surface area contributed by atoms with Crippen molar-refractivity contribution in [2.24, 2.45) is 0 Å². The predicted octanol–water partition coefficient (Wildman–Crippen LogP) is -2.92. The minimum atomic E-state index is -1.46. The van der Waals surface area contributed by atoms with Gasteiger partial charge in [0.2, 0.25) is 0 Å². The first-order valence-electron chi connectivity index (χ1n) is 6.49. The number of H-pyrrole nitrogens is 1. The summed E-state index contributed by atoms with van der Waals surface area (Å²) in [6, 6.07) is 1.06. The van der Waals surface area contributed by atoms with Crippen LogP contribution < -0.4 is 11.2 Å². The van der Waals surface area contributed by atoms with E-state index in [0.717, 1.165) is 16.8 Å². The summed E-state index contributed by atoms with van der Waals surface area (Å²) in [5.74, 6) is -0.907. The van der Waals surface area contributed by atoms with E-state index in [2.05, 4.69) is 0 Å². The molecule has 0 aliphatic carbocycles. The SMILES string of the molecule is CC(O)C(=O)OC[C@H]1O[C@@H](n2ccc(=O)[nH]c2=O)[C@H](O)[C@@H]1O. The summed E-state index contributed by atoms with van der Waals surface area (Å²) in [6.45, 7) is 0.808. The Morgan fingerprint density at radius 1 is 1.45 bits per heavy atom. The fourth-order valence-corrected chi connectivity index (χ4v) is 2.01. The number of hydrogen-bond donors (Lipinski definition) is 4. The smallest absolute Gasteiger partial charge is 0.334 e. The third kappa shape index (κ3) is 3.25. The van der Waals surface area contributed by atoms with Gasteiger partial charge in [-0.05, 0) is 6.92 Å². The van der Waals surface area contributed by atoms with Gasteiger partial charge in [-0.25, -0.2) is 9.59 Å². The summed E-state index contributed by atoms with van der Waals surface area (Å²) in [7, 11) is 0. The Balaban J connectivity index is 2.11. The van der Waals surface area contributed by atoms with Crippen molar-refractivity contribution in [1.82, 2.24) is 9.55 Å². The van der Waals surface area contributed by atoms with Gasteiger partial charge in [0.1, 0.15) is 31.0 Å². The molecule has 1 unspecified atom stereocenters. The number of rotatable bonds is 4. The minimum absolute atomic E-state index is 0.406. The number of aliphatic hydroxyl groups is 3. The molecular formula is C12H16N2O8. The average molecular weight is 316 g/mol. The molecule has 1 aromatic rings. The number of ether oxygens (including phenoxy) is 2. The van der Waals surface area contributed by atoms with Crippen molar-refractivity contribution in [3.05, 3.63) is 33.1 Å². The molecule has 0 saturated carbocycles. The largest absolute Gasteiger partial charge is 0.461 e. The van der Waals surface area contributed by atoms with Gasteiger partial charge in [0.25, 0.3) is 5.56 Å². The maximum atomic E-state index is 11.7. The summed E-state index contributed by atoms with van der Waals surface area (Å²) in [4.78, 5) is 35.8. The lowest BCUT2D eigenvalue weighted by Gasteiger charge is -2.16. The van der Waals surface area contributed by atoms with E-state index < -0.39 is 54.5 Å². The number of carbonyl (C=O) groups is 1. The highest BCUT2D eigenvalue weighted by Gasteiger charge is 2.44. The number of esters is 1. The third-order valence-corrected chi connectivity index (χ3v) is 3.19. The minimum Gasteiger partial charge on any atom is -0.461 e. The van der Waals surface area contributed by atoms with E-state index in [9.17, 15) is 24.6 Å². The van der Waals surface area contributed by atoms with Crippen LogP contribution in [0.3, 0.4) is 0 Å². The number of carbonyl (C=O) groups excluding carboxylic acids is 1. The fraction of sp³-hybridized carbons (Fsp3) is 0.583. The third-order valence-electron chi connectivity index (χ3n) is 3.19. The van der Waals surface area contributed by atoms with Crippen LogP contribution in [0.1, 0.15) is 13.2 Å². The maximum Gasteiger partial charge on any atom is 0.334 e. The lowest BCUT2D eigenvalue weighted by Crippen LogP contribution is -2.38. The van der Waals surface area contributed by atoms with E-state index in [1.807, 2.05) is 4.98 Å². The first-order valence-corrected chi connectivity index (χ1v) is 6.49. The standard InChI is InChI=1S/C12H16N2O8/c1-5(15)11(19)21-4-6-8(17)9(18)10(22-6)14-3-2-7(16)13-12(14)20/h2-3,5-6,8-10,15,17-18H,4H2,1H3,(H,13,16,20)/t5?,6-,8-,9-,10-/m1/s1. The molecule has 1 aliphatic heterocycles. The van der Waals surface area contributed by atoms with Crippen molar-refractivity contribution in [2.75, 3.05) is 6.61 Å². The molecule has 0 spiro atoms. The Morgan fingerprint density at radius 3 is 2.73 bits per heavy atom. The summed E-state index contributed by atoms with van der Waals surface area (Å²) < 4.78 is 10.9. The van der Waals surface area contributed by atoms with E-state index in [0.29, 0.717) is 0 Å². The lowest BCUT2D eigenvalue weighted by atomic mass is 10.1. The summed E-state index contributed by atoms with van der Waals surface area (Å²) in [5, 5.41) is 28.8. The van der Waals surface area contributed by atoms with Gasteiger partial charge in [0.05, 0.1) is 0 Å². The van der Waals surface area contributed by atoms with Gasteiger partial charge in [0, 0.05) is 12.3 Å². The molecule has 10 heteroatoms. The van der Waals surface area contributed by atoms with E-state index in [4.69, 9.17) is 14.6 Å². The molecule has 10 nitrogen and oxygen atoms in total. The van der Waals surface area contributed by atoms with Gasteiger partial charge in [0.15, 0.2) is 6.23 Å². The number of nitrogens with zero attached hydrogens (tertiary/aromatic N) is 1. The zero-order valence-corrected chi connectivity index (χ0v) is 11.6. The molecule has 2 rings (SSSR count). The zero-order valence-electron chi connectivity index (χ0n) is 11.6. The van der Waals surface area contributed by atoms with Crippen molar-refractivity contribution >= 4 is 5.97 Å². The van der Waals surface area contributed by atoms with Crippen molar-refractivity contribution < 1.29 is 29.6 Å². The van der Waals surface area contributed by atoms with Crippen LogP contribution in [0.2, 0.25) is 0 Å². The summed E-state index contributed by atoms with van der Waals surface area (Å²) in [5.41, 5.74) is -1.43. The summed E-state index contributed by atoms with van der Waals surface area (Å²) >= 11 is 0. The molecule has 2 heterocycles. The van der Waals surface area contributed by atoms with Gasteiger partial charge < -0.3 is 24.8 Å². The van der Waals surface area contributed by atoms with Crippen molar-refractivity contribution in [2.45, 2.75) is 37.6 Å². The van der Waals surface area contributed by atoms with Crippen LogP contribution >= 0.6 is 0 Å². The van der Waals surface area contributed by atoms with Crippen LogP contribution in [0.5, 0.6) is 0 Å². The molecule has 1 saturated heterocycles. The Morgan fingerprint density at radius 2 is 2.14 bits per heavy atom. The molecular weight excluding hydrogens is 300 g/mol. The number of aliphatic hydroxyl groups excluding tert-OH is 3. The first kappa shape index (κ1) is 16.4. The van der Waals surface area contributed by atoms with Crippen LogP contribution in [0, 0.1) is 0 Å². The van der Waals surface area contributed by atoms with Crippen molar-refractivity contribution in [1.29, 1.82) is 0 Å². The van der Waals surface area contributed by atoms with Crippen molar-refractivity contribution in [3.63, 3.8) is 0 Å². The topological polar surface area (TPSA) is 151 Å². The number of nitrogens with one attached hydrogen (secondary N) is 1. The van der Waals surface area contributed by atoms with Gasteiger partial charge in [-0.15, -0.1) is 0 Å². The van der Waals surface area contributed by atoms with E-state index in [1.165, 1.54) is 6.92 Å². The first-order chi connectivity index (χ1) is 10.3. The number of aromatic amines is 1. The number of aromatic nitrogens is 2. The Bertz CT molecular complexity index is 651. The molecule has 4 N–H and O–H groups in total. The Kier molecular flexibility index (Phi) is 4.76. The molecule has 1 aliphatic rings. The molecule has 0 bridgehead atoms. The normalized spacial score (nSPS) is 29.3. The van der Waals surface area contributed by atoms with Crippen LogP contribution in [-0.2, 0) is 14.3 Å². The van der Waals surface area contributed by atoms with Gasteiger partial charge in [-0.3, -0.25) is 14.3 Å². The predicted molar refractivity (Wildman–Crippen MR) is 69.9 cm³/mol. The molecule has 1 aromatic heterocycles. The van der Waals surface area contributed by atoms with Crippen LogP contribution in [0.4, 0.5) is 0 Å². The molecule has 122 valence electrons. The Labute approximate surface area is 123 Å². The number of hydrogen-bond acceptors (Lipinski definition) is 8. The maximum absolute atomic E-state index is 11.7. The molecule has 5 atom stereocenters. The van der Waals surface area contributed by atoms with Crippen molar-refractivity contribution in [3.8, 4) is 0 Å². The highest BCUT2D eigenvalue weighted by Crippen LogP contribution is 2.28. The average Bonchev–Trinajstić information content (AvgIpc) is 2.73. The highest BCUT2D eigenvalue weighted by molar-refractivity contribution is 5.73. The highest BCUT2D eigenvalue weighted by atomic mass is 16.6.